The number of hydrogen-bond donors (Lipinski definition) is 1. The predicted octanol–water partition coefficient (Wildman–Crippen LogP) is 3.38. The van der Waals surface area contributed by atoms with Crippen LogP contribution in [0.3, 0.4) is 0 Å². The van der Waals surface area contributed by atoms with Crippen LogP contribution in [0.2, 0.25) is 5.22 Å². The van der Waals surface area contributed by atoms with Crippen LogP contribution in [0, 0.1) is 5.92 Å². The highest BCUT2D eigenvalue weighted by Gasteiger charge is 2.29. The summed E-state index contributed by atoms with van der Waals surface area (Å²) in [5, 5.41) is 3.95. The van der Waals surface area contributed by atoms with Crippen LogP contribution >= 0.6 is 11.6 Å². The molecule has 0 spiro atoms. The quantitative estimate of drug-likeness (QED) is 0.830. The van der Waals surface area contributed by atoms with Crippen molar-refractivity contribution in [2.24, 2.45) is 5.92 Å². The maximum Gasteiger partial charge on any atom is 0.193 e. The lowest BCUT2D eigenvalue weighted by Gasteiger charge is -2.32. The molecule has 1 saturated carbocycles. The van der Waals surface area contributed by atoms with Gasteiger partial charge in [0.15, 0.2) is 5.22 Å². The van der Waals surface area contributed by atoms with Gasteiger partial charge in [0.05, 0.1) is 6.04 Å². The van der Waals surface area contributed by atoms with E-state index >= 15 is 0 Å². The monoisotopic (exact) mass is 213 g/mol. The molecular formula is C11H16ClNO. The smallest absolute Gasteiger partial charge is 0.193 e. The van der Waals surface area contributed by atoms with Gasteiger partial charge in [-0.05, 0) is 49.0 Å². The highest BCUT2D eigenvalue weighted by molar-refractivity contribution is 6.28. The Morgan fingerprint density at radius 1 is 1.57 bits per heavy atom. The summed E-state index contributed by atoms with van der Waals surface area (Å²) in [4.78, 5) is 0. The predicted molar refractivity (Wildman–Crippen MR) is 57.5 cm³/mol. The van der Waals surface area contributed by atoms with Gasteiger partial charge in [0.1, 0.15) is 5.76 Å². The van der Waals surface area contributed by atoms with Gasteiger partial charge in [-0.25, -0.2) is 0 Å². The summed E-state index contributed by atoms with van der Waals surface area (Å²) < 4.78 is 5.46. The van der Waals surface area contributed by atoms with E-state index in [4.69, 9.17) is 16.0 Å². The molecule has 2 rings (SSSR count). The molecule has 1 fully saturated rings. The Morgan fingerprint density at radius 2 is 2.36 bits per heavy atom. The Kier molecular flexibility index (Phi) is 3.14. The molecule has 2 nitrogen and oxygen atoms in total. The van der Waals surface area contributed by atoms with E-state index in [1.165, 1.54) is 19.3 Å². The van der Waals surface area contributed by atoms with E-state index in [1.807, 2.05) is 12.1 Å². The Balaban J connectivity index is 2.09. The van der Waals surface area contributed by atoms with E-state index in [2.05, 4.69) is 12.2 Å². The van der Waals surface area contributed by atoms with Gasteiger partial charge in [0, 0.05) is 0 Å². The van der Waals surface area contributed by atoms with Gasteiger partial charge < -0.3 is 9.73 Å². The Bertz CT molecular complexity index is 293. The second-order valence-electron chi connectivity index (χ2n) is 3.87. The third-order valence-corrected chi connectivity index (χ3v) is 3.15. The summed E-state index contributed by atoms with van der Waals surface area (Å²) in [6, 6.07) is 4.16. The molecule has 0 amide bonds. The van der Waals surface area contributed by atoms with E-state index < -0.39 is 0 Å². The lowest BCUT2D eigenvalue weighted by molar-refractivity contribution is 0.210. The minimum atomic E-state index is 0.362. The fraction of sp³-hybridized carbons (Fsp3) is 0.636. The van der Waals surface area contributed by atoms with Gasteiger partial charge in [0.2, 0.25) is 0 Å². The zero-order valence-electron chi connectivity index (χ0n) is 8.42. The Morgan fingerprint density at radius 3 is 2.79 bits per heavy atom. The van der Waals surface area contributed by atoms with Gasteiger partial charge in [-0.3, -0.25) is 0 Å². The summed E-state index contributed by atoms with van der Waals surface area (Å²) in [5.74, 6) is 1.72. The second-order valence-corrected chi connectivity index (χ2v) is 4.24. The summed E-state index contributed by atoms with van der Waals surface area (Å²) >= 11 is 5.78. The number of nitrogens with one attached hydrogen (secondary N) is 1. The molecule has 0 aromatic carbocycles. The van der Waals surface area contributed by atoms with Crippen LogP contribution in [0.1, 0.15) is 38.0 Å². The zero-order chi connectivity index (χ0) is 9.97. The molecule has 1 aliphatic rings. The number of rotatable bonds is 4. The summed E-state index contributed by atoms with van der Waals surface area (Å²) in [6.07, 6.45) is 3.95. The van der Waals surface area contributed by atoms with Gasteiger partial charge in [-0.2, -0.15) is 0 Å². The lowest BCUT2D eigenvalue weighted by Crippen LogP contribution is -2.31. The van der Waals surface area contributed by atoms with Gasteiger partial charge in [-0.15, -0.1) is 0 Å². The van der Waals surface area contributed by atoms with Crippen molar-refractivity contribution in [3.05, 3.63) is 23.1 Å². The summed E-state index contributed by atoms with van der Waals surface area (Å²) in [6.45, 7) is 3.09. The first-order valence-corrected chi connectivity index (χ1v) is 5.67. The highest BCUT2D eigenvalue weighted by atomic mass is 35.5. The molecule has 0 radical (unpaired) electrons. The van der Waals surface area contributed by atoms with Crippen molar-refractivity contribution in [3.63, 3.8) is 0 Å². The van der Waals surface area contributed by atoms with Crippen molar-refractivity contribution >= 4 is 11.6 Å². The average molecular weight is 214 g/mol. The van der Waals surface area contributed by atoms with E-state index in [0.717, 1.165) is 18.2 Å². The first kappa shape index (κ1) is 10.1. The third kappa shape index (κ3) is 1.96. The Labute approximate surface area is 89.6 Å². The van der Waals surface area contributed by atoms with E-state index in [0.29, 0.717) is 11.3 Å². The standard InChI is InChI=1S/C11H16ClNO/c1-2-13-11(8-4-3-5-8)9-6-7-10(12)14-9/h6-8,11,13H,2-5H2,1H3. The van der Waals surface area contributed by atoms with Crippen molar-refractivity contribution in [2.75, 3.05) is 6.54 Å². The minimum Gasteiger partial charge on any atom is -0.448 e. The fourth-order valence-electron chi connectivity index (χ4n) is 1.99. The van der Waals surface area contributed by atoms with Crippen molar-refractivity contribution in [1.82, 2.24) is 5.32 Å². The molecule has 14 heavy (non-hydrogen) atoms. The molecule has 0 bridgehead atoms. The normalized spacial score (nSPS) is 19.3. The van der Waals surface area contributed by atoms with E-state index in [-0.39, 0.29) is 0 Å². The van der Waals surface area contributed by atoms with Crippen LogP contribution in [0.15, 0.2) is 16.5 Å². The summed E-state index contributed by atoms with van der Waals surface area (Å²) in [7, 11) is 0. The molecule has 1 atom stereocenters. The maximum atomic E-state index is 5.78. The topological polar surface area (TPSA) is 25.2 Å². The third-order valence-electron chi connectivity index (χ3n) is 2.95. The van der Waals surface area contributed by atoms with Crippen molar-refractivity contribution in [3.8, 4) is 0 Å². The van der Waals surface area contributed by atoms with Gasteiger partial charge in [-0.1, -0.05) is 13.3 Å². The van der Waals surface area contributed by atoms with E-state index in [1.54, 1.807) is 0 Å². The molecule has 1 aromatic rings. The highest BCUT2D eigenvalue weighted by Crippen LogP contribution is 2.38. The number of halogens is 1. The SMILES string of the molecule is CCNC(c1ccc(Cl)o1)C1CCC1. The first-order chi connectivity index (χ1) is 6.81. The number of hydrogen-bond acceptors (Lipinski definition) is 2. The fourth-order valence-corrected chi connectivity index (χ4v) is 2.14. The summed E-state index contributed by atoms with van der Waals surface area (Å²) in [5.41, 5.74) is 0. The molecule has 0 aliphatic heterocycles. The molecule has 1 heterocycles. The molecule has 1 aliphatic carbocycles. The largest absolute Gasteiger partial charge is 0.448 e. The van der Waals surface area contributed by atoms with Crippen LogP contribution in [0.4, 0.5) is 0 Å². The van der Waals surface area contributed by atoms with Crippen molar-refractivity contribution in [2.45, 2.75) is 32.2 Å². The van der Waals surface area contributed by atoms with Crippen LogP contribution in [-0.2, 0) is 0 Å². The zero-order valence-corrected chi connectivity index (χ0v) is 9.18. The molecule has 1 aromatic heterocycles. The molecular weight excluding hydrogens is 198 g/mol. The van der Waals surface area contributed by atoms with Gasteiger partial charge >= 0.3 is 0 Å². The van der Waals surface area contributed by atoms with Crippen LogP contribution in [-0.4, -0.2) is 6.54 Å². The van der Waals surface area contributed by atoms with E-state index in [9.17, 15) is 0 Å². The average Bonchev–Trinajstić information content (AvgIpc) is 2.48. The van der Waals surface area contributed by atoms with Gasteiger partial charge in [0.25, 0.3) is 0 Å². The molecule has 3 heteroatoms. The van der Waals surface area contributed by atoms with Crippen LogP contribution < -0.4 is 5.32 Å². The Hall–Kier alpha value is -0.470. The van der Waals surface area contributed by atoms with Crippen molar-refractivity contribution in [1.29, 1.82) is 0 Å². The lowest BCUT2D eigenvalue weighted by atomic mass is 9.79. The van der Waals surface area contributed by atoms with Crippen LogP contribution in [0.5, 0.6) is 0 Å². The molecule has 0 saturated heterocycles. The maximum absolute atomic E-state index is 5.78. The van der Waals surface area contributed by atoms with Crippen LogP contribution in [0.25, 0.3) is 0 Å². The first-order valence-electron chi connectivity index (χ1n) is 5.30. The van der Waals surface area contributed by atoms with Crippen molar-refractivity contribution < 1.29 is 4.42 Å². The molecule has 1 N–H and O–H groups in total. The number of furan rings is 1. The molecule has 78 valence electrons. The second kappa shape index (κ2) is 4.37. The molecule has 1 unspecified atom stereocenters. The minimum absolute atomic E-state index is 0.362.